The van der Waals surface area contributed by atoms with Crippen LogP contribution < -0.4 is 9.62 Å². The van der Waals surface area contributed by atoms with Gasteiger partial charge in [0.05, 0.1) is 25.0 Å². The Morgan fingerprint density at radius 3 is 2.41 bits per heavy atom. The molecule has 0 fully saturated rings. The van der Waals surface area contributed by atoms with Crippen molar-refractivity contribution in [2.24, 2.45) is 0 Å². The monoisotopic (exact) mass is 401 g/mol. The van der Waals surface area contributed by atoms with E-state index in [9.17, 15) is 9.90 Å². The van der Waals surface area contributed by atoms with Crippen LogP contribution in [0.15, 0.2) is 84.9 Å². The minimum absolute atomic E-state index is 0.0241. The number of nitrogens with zero attached hydrogens (tertiary/aromatic N) is 1. The number of amides is 1. The van der Waals surface area contributed by atoms with Gasteiger partial charge in [-0.25, -0.2) is 0 Å². The third-order valence-electron chi connectivity index (χ3n) is 4.87. The Morgan fingerprint density at radius 1 is 0.966 bits per heavy atom. The molecule has 144 valence electrons. The number of hydrogen-bond acceptors (Lipinski definition) is 3. The van der Waals surface area contributed by atoms with Crippen LogP contribution in [0, 0.1) is 0 Å². The molecule has 0 radical (unpaired) electrons. The average molecular weight is 402 g/mol. The van der Waals surface area contributed by atoms with Gasteiger partial charge in [-0.15, -0.1) is 0 Å². The molecule has 3 N–H and O–H groups in total. The first-order valence-electron chi connectivity index (χ1n) is 9.31. The predicted molar refractivity (Wildman–Crippen MR) is 120 cm³/mol. The number of phenolic OH excluding ortho intramolecular Hbond substituents is 1. The van der Waals surface area contributed by atoms with Crippen molar-refractivity contribution in [1.29, 1.82) is 0 Å². The maximum atomic E-state index is 13.1. The van der Waals surface area contributed by atoms with Crippen molar-refractivity contribution < 1.29 is 14.6 Å². The summed E-state index contributed by atoms with van der Waals surface area (Å²) in [5.41, 5.74) is 5.58. The summed E-state index contributed by atoms with van der Waals surface area (Å²) in [6.07, 6.45) is 5.76. The fourth-order valence-corrected chi connectivity index (χ4v) is 3.53. The number of benzene rings is 3. The van der Waals surface area contributed by atoms with Gasteiger partial charge in [-0.3, -0.25) is 9.52 Å². The smallest absolute Gasteiger partial charge is 0.259 e. The van der Waals surface area contributed by atoms with Crippen LogP contribution in [0.2, 0.25) is 0 Å². The fourth-order valence-electron chi connectivity index (χ4n) is 3.36. The van der Waals surface area contributed by atoms with Crippen LogP contribution in [0.1, 0.15) is 16.7 Å². The SMILES string of the molecule is O=C1/C(=C/C=C/c2ccc([NH2+]S)cc2)c2ccccc2N1Cc1ccc(O)cc1. The van der Waals surface area contributed by atoms with E-state index in [-0.39, 0.29) is 11.7 Å². The van der Waals surface area contributed by atoms with Crippen LogP contribution >= 0.6 is 12.8 Å². The summed E-state index contributed by atoms with van der Waals surface area (Å²) in [6.45, 7) is 0.457. The molecule has 0 unspecified atom stereocenters. The summed E-state index contributed by atoms with van der Waals surface area (Å²) >= 11 is 4.15. The van der Waals surface area contributed by atoms with Crippen LogP contribution in [-0.4, -0.2) is 11.0 Å². The largest absolute Gasteiger partial charge is 0.508 e. The molecule has 0 atom stereocenters. The second-order valence-corrected chi connectivity index (χ2v) is 7.07. The Kier molecular flexibility index (Phi) is 5.51. The Balaban J connectivity index is 1.60. The number of rotatable bonds is 5. The summed E-state index contributed by atoms with van der Waals surface area (Å²) in [4.78, 5) is 14.9. The third-order valence-corrected chi connectivity index (χ3v) is 5.17. The Morgan fingerprint density at radius 2 is 1.69 bits per heavy atom. The van der Waals surface area contributed by atoms with Crippen LogP contribution in [0.5, 0.6) is 5.75 Å². The third kappa shape index (κ3) is 4.11. The number of allylic oxidation sites excluding steroid dienone is 2. The van der Waals surface area contributed by atoms with E-state index in [1.807, 2.05) is 78.9 Å². The number of para-hydroxylation sites is 1. The van der Waals surface area contributed by atoms with Crippen molar-refractivity contribution >= 4 is 41.7 Å². The van der Waals surface area contributed by atoms with Gasteiger partial charge in [0.2, 0.25) is 0 Å². The molecule has 0 saturated heterocycles. The van der Waals surface area contributed by atoms with Crippen LogP contribution in [0.25, 0.3) is 11.6 Å². The number of fused-ring (bicyclic) bond motifs is 1. The highest BCUT2D eigenvalue weighted by molar-refractivity contribution is 7.73. The Hall–Kier alpha value is -3.28. The van der Waals surface area contributed by atoms with Crippen molar-refractivity contribution in [3.05, 3.63) is 102 Å². The molecule has 4 nitrogen and oxygen atoms in total. The van der Waals surface area contributed by atoms with Gasteiger partial charge in [-0.1, -0.05) is 42.5 Å². The minimum atomic E-state index is -0.0241. The molecular weight excluding hydrogens is 380 g/mol. The number of thiol groups is 1. The molecule has 1 amide bonds. The van der Waals surface area contributed by atoms with Gasteiger partial charge in [-0.05, 0) is 47.5 Å². The summed E-state index contributed by atoms with van der Waals surface area (Å²) in [6, 6.07) is 22.8. The Bertz CT molecular complexity index is 1090. The zero-order valence-electron chi connectivity index (χ0n) is 15.7. The number of phenols is 1. The second-order valence-electron chi connectivity index (χ2n) is 6.81. The molecule has 3 aromatic carbocycles. The van der Waals surface area contributed by atoms with Gasteiger partial charge in [0, 0.05) is 23.3 Å². The Labute approximate surface area is 175 Å². The number of anilines is 1. The molecule has 0 spiro atoms. The normalized spacial score (nSPS) is 14.7. The van der Waals surface area contributed by atoms with Crippen molar-refractivity contribution in [3.63, 3.8) is 0 Å². The molecule has 0 aliphatic carbocycles. The molecule has 3 aromatic rings. The quantitative estimate of drug-likeness (QED) is 0.343. The maximum Gasteiger partial charge on any atom is 0.259 e. The van der Waals surface area contributed by atoms with E-state index in [1.165, 1.54) is 0 Å². The van der Waals surface area contributed by atoms with E-state index >= 15 is 0 Å². The van der Waals surface area contributed by atoms with E-state index in [0.29, 0.717) is 12.1 Å². The molecule has 5 heteroatoms. The van der Waals surface area contributed by atoms with Gasteiger partial charge in [0.25, 0.3) is 5.91 Å². The molecule has 0 bridgehead atoms. The molecule has 1 aliphatic rings. The molecule has 1 heterocycles. The molecule has 0 aromatic heterocycles. The number of nitrogens with two attached hydrogens (primary N) is 1. The van der Waals surface area contributed by atoms with Gasteiger partial charge in [0.1, 0.15) is 11.4 Å². The first-order valence-corrected chi connectivity index (χ1v) is 9.82. The predicted octanol–water partition coefficient (Wildman–Crippen LogP) is 4.08. The summed E-state index contributed by atoms with van der Waals surface area (Å²) in [5, 5.41) is 9.49. The average Bonchev–Trinajstić information content (AvgIpc) is 3.02. The van der Waals surface area contributed by atoms with Crippen LogP contribution in [-0.2, 0) is 11.3 Å². The van der Waals surface area contributed by atoms with Crippen LogP contribution in [0.4, 0.5) is 11.4 Å². The van der Waals surface area contributed by atoms with Gasteiger partial charge in [-0.2, -0.15) is 0 Å². The summed E-state index contributed by atoms with van der Waals surface area (Å²) < 4.78 is 1.76. The van der Waals surface area contributed by atoms with E-state index in [2.05, 4.69) is 12.8 Å². The first-order chi connectivity index (χ1) is 14.2. The van der Waals surface area contributed by atoms with E-state index in [4.69, 9.17) is 0 Å². The van der Waals surface area contributed by atoms with Crippen molar-refractivity contribution in [1.82, 2.24) is 0 Å². The molecule has 1 aliphatic heterocycles. The second kappa shape index (κ2) is 8.39. The van der Waals surface area contributed by atoms with Crippen LogP contribution in [0.3, 0.4) is 0 Å². The van der Waals surface area contributed by atoms with E-state index in [1.54, 1.807) is 21.8 Å². The zero-order chi connectivity index (χ0) is 20.2. The van der Waals surface area contributed by atoms with Gasteiger partial charge in [0.15, 0.2) is 0 Å². The standard InChI is InChI=1S/C24H20N2O2S/c27-20-14-10-18(11-15-20)16-26-23-7-2-1-5-21(23)22(24(26)28)6-3-4-17-8-12-19(25-29)13-9-17/h1-15,25,27,29H,16H2/p+1/b4-3+,22-6+. The lowest BCUT2D eigenvalue weighted by atomic mass is 10.1. The maximum absolute atomic E-state index is 13.1. The van der Waals surface area contributed by atoms with Crippen molar-refractivity contribution in [2.45, 2.75) is 6.54 Å². The zero-order valence-corrected chi connectivity index (χ0v) is 16.6. The number of hydrogen-bond donors (Lipinski definition) is 3. The number of carbonyl (C=O) groups is 1. The van der Waals surface area contributed by atoms with Gasteiger partial charge >= 0.3 is 0 Å². The topological polar surface area (TPSA) is 57.2 Å². The number of quaternary nitrogens is 1. The minimum Gasteiger partial charge on any atom is -0.508 e. The summed E-state index contributed by atoms with van der Waals surface area (Å²) in [5.74, 6) is 0.192. The molecule has 29 heavy (non-hydrogen) atoms. The van der Waals surface area contributed by atoms with Gasteiger partial charge < -0.3 is 10.0 Å². The highest BCUT2D eigenvalue weighted by Gasteiger charge is 2.31. The van der Waals surface area contributed by atoms with Crippen molar-refractivity contribution in [3.8, 4) is 5.75 Å². The number of aromatic hydroxyl groups is 1. The fraction of sp³-hybridized carbons (Fsp3) is 0.0417. The lowest BCUT2D eigenvalue weighted by Gasteiger charge is -2.17. The lowest BCUT2D eigenvalue weighted by Crippen LogP contribution is -2.64. The molecular formula is C24H21N2O2S+. The number of carbonyl (C=O) groups excluding carboxylic acids is 1. The summed E-state index contributed by atoms with van der Waals surface area (Å²) in [7, 11) is 0. The highest BCUT2D eigenvalue weighted by Crippen LogP contribution is 2.37. The van der Waals surface area contributed by atoms with Crippen molar-refractivity contribution in [2.75, 3.05) is 4.90 Å². The molecule has 0 saturated carbocycles. The van der Waals surface area contributed by atoms with E-state index in [0.717, 1.165) is 28.1 Å². The lowest BCUT2D eigenvalue weighted by molar-refractivity contribution is -0.372. The van der Waals surface area contributed by atoms with E-state index < -0.39 is 0 Å². The first kappa shape index (κ1) is 19.1. The molecule has 4 rings (SSSR count). The highest BCUT2D eigenvalue weighted by atomic mass is 32.1.